The number of amides is 2. The monoisotopic (exact) mass is 296 g/mol. The van der Waals surface area contributed by atoms with Crippen molar-refractivity contribution in [3.05, 3.63) is 29.3 Å². The third-order valence-electron chi connectivity index (χ3n) is 2.92. The molecule has 0 unspecified atom stereocenters. The molecule has 0 radical (unpaired) electrons. The van der Waals surface area contributed by atoms with Crippen molar-refractivity contribution in [2.45, 2.75) is 25.7 Å². The van der Waals surface area contributed by atoms with Crippen LogP contribution in [0.5, 0.6) is 5.75 Å². The molecule has 1 aliphatic carbocycles. The number of carbonyl (C=O) groups is 2. The van der Waals surface area contributed by atoms with Crippen molar-refractivity contribution in [1.82, 2.24) is 10.9 Å². The molecule has 20 heavy (non-hydrogen) atoms. The highest BCUT2D eigenvalue weighted by Gasteiger charge is 2.29. The lowest BCUT2D eigenvalue weighted by atomic mass is 10.3. The predicted molar refractivity (Wildman–Crippen MR) is 75.2 cm³/mol. The van der Waals surface area contributed by atoms with Crippen LogP contribution < -0.4 is 15.6 Å². The zero-order valence-corrected chi connectivity index (χ0v) is 11.8. The van der Waals surface area contributed by atoms with Crippen molar-refractivity contribution in [2.24, 2.45) is 5.92 Å². The second kappa shape index (κ2) is 7.14. The first-order chi connectivity index (χ1) is 9.66. The summed E-state index contributed by atoms with van der Waals surface area (Å²) in [4.78, 5) is 22.8. The van der Waals surface area contributed by atoms with E-state index in [-0.39, 0.29) is 24.2 Å². The van der Waals surface area contributed by atoms with Gasteiger partial charge in [-0.1, -0.05) is 23.7 Å². The Morgan fingerprint density at radius 3 is 2.70 bits per heavy atom. The maximum Gasteiger partial charge on any atom is 0.241 e. The van der Waals surface area contributed by atoms with E-state index in [2.05, 4.69) is 10.9 Å². The number of rotatable bonds is 6. The fourth-order valence-electron chi connectivity index (χ4n) is 1.62. The maximum absolute atomic E-state index is 11.5. The summed E-state index contributed by atoms with van der Waals surface area (Å²) < 4.78 is 5.46. The van der Waals surface area contributed by atoms with Gasteiger partial charge < -0.3 is 4.74 Å². The zero-order chi connectivity index (χ0) is 14.4. The molecule has 0 atom stereocenters. The Balaban J connectivity index is 1.57. The van der Waals surface area contributed by atoms with E-state index in [4.69, 9.17) is 16.3 Å². The molecule has 1 aliphatic rings. The Morgan fingerprint density at radius 2 is 2.00 bits per heavy atom. The molecule has 2 amide bonds. The molecule has 2 N–H and O–H groups in total. The van der Waals surface area contributed by atoms with Gasteiger partial charge in [-0.25, -0.2) is 0 Å². The minimum absolute atomic E-state index is 0.0823. The van der Waals surface area contributed by atoms with Crippen LogP contribution in [0.25, 0.3) is 0 Å². The molecule has 1 fully saturated rings. The number of carbonyl (C=O) groups excluding carboxylic acids is 2. The summed E-state index contributed by atoms with van der Waals surface area (Å²) in [6, 6.07) is 7.18. The Bertz CT molecular complexity index is 489. The van der Waals surface area contributed by atoms with Crippen molar-refractivity contribution in [2.75, 3.05) is 6.61 Å². The van der Waals surface area contributed by atoms with Gasteiger partial charge >= 0.3 is 0 Å². The van der Waals surface area contributed by atoms with E-state index < -0.39 is 0 Å². The molecule has 1 saturated carbocycles. The predicted octanol–water partition coefficient (Wildman–Crippen LogP) is 2.06. The van der Waals surface area contributed by atoms with Crippen molar-refractivity contribution in [1.29, 1.82) is 0 Å². The summed E-state index contributed by atoms with van der Waals surface area (Å²) in [5.41, 5.74) is 4.81. The lowest BCUT2D eigenvalue weighted by Gasteiger charge is -2.08. The van der Waals surface area contributed by atoms with Gasteiger partial charge in [-0.2, -0.15) is 0 Å². The number of hydrazine groups is 1. The average molecular weight is 297 g/mol. The number of hydrogen-bond acceptors (Lipinski definition) is 3. The topological polar surface area (TPSA) is 67.4 Å². The third kappa shape index (κ3) is 4.74. The van der Waals surface area contributed by atoms with Crippen LogP contribution in [0.2, 0.25) is 5.02 Å². The van der Waals surface area contributed by atoms with Crippen LogP contribution in [-0.2, 0) is 9.59 Å². The van der Waals surface area contributed by atoms with E-state index in [1.807, 2.05) is 12.1 Å². The van der Waals surface area contributed by atoms with E-state index in [0.717, 1.165) is 12.8 Å². The van der Waals surface area contributed by atoms with Crippen LogP contribution in [0.1, 0.15) is 25.7 Å². The van der Waals surface area contributed by atoms with Gasteiger partial charge in [-0.05, 0) is 31.4 Å². The van der Waals surface area contributed by atoms with E-state index in [1.54, 1.807) is 12.1 Å². The lowest BCUT2D eigenvalue weighted by molar-refractivity contribution is -0.129. The Kier molecular flexibility index (Phi) is 5.24. The van der Waals surface area contributed by atoms with Gasteiger partial charge in [-0.3, -0.25) is 20.4 Å². The van der Waals surface area contributed by atoms with Crippen molar-refractivity contribution in [3.63, 3.8) is 0 Å². The first-order valence-corrected chi connectivity index (χ1v) is 7.00. The molecule has 2 rings (SSSR count). The molecule has 108 valence electrons. The minimum atomic E-state index is -0.221. The third-order valence-corrected chi connectivity index (χ3v) is 3.23. The second-order valence-corrected chi connectivity index (χ2v) is 5.10. The van der Waals surface area contributed by atoms with Crippen LogP contribution in [0, 0.1) is 5.92 Å². The highest BCUT2D eigenvalue weighted by molar-refractivity contribution is 6.32. The van der Waals surface area contributed by atoms with Crippen molar-refractivity contribution in [3.8, 4) is 5.75 Å². The van der Waals surface area contributed by atoms with Crippen LogP contribution >= 0.6 is 11.6 Å². The molecule has 6 heteroatoms. The summed E-state index contributed by atoms with van der Waals surface area (Å²) in [7, 11) is 0. The van der Waals surface area contributed by atoms with Crippen LogP contribution in [-0.4, -0.2) is 18.4 Å². The average Bonchev–Trinajstić information content (AvgIpc) is 3.27. The van der Waals surface area contributed by atoms with Gasteiger partial charge in [0.1, 0.15) is 5.75 Å². The highest BCUT2D eigenvalue weighted by Crippen LogP contribution is 2.28. The molecule has 0 aromatic heterocycles. The fraction of sp³-hybridized carbons (Fsp3) is 0.429. The van der Waals surface area contributed by atoms with Gasteiger partial charge in [0.25, 0.3) is 0 Å². The summed E-state index contributed by atoms with van der Waals surface area (Å²) in [5, 5.41) is 0.550. The molecule has 0 saturated heterocycles. The van der Waals surface area contributed by atoms with E-state index in [0.29, 0.717) is 23.8 Å². The number of ether oxygens (including phenoxy) is 1. The molecule has 0 heterocycles. The summed E-state index contributed by atoms with van der Waals surface area (Å²) in [6.45, 7) is 0.397. The Labute approximate surface area is 122 Å². The van der Waals surface area contributed by atoms with Crippen LogP contribution in [0.4, 0.5) is 0 Å². The van der Waals surface area contributed by atoms with E-state index in [9.17, 15) is 9.59 Å². The van der Waals surface area contributed by atoms with E-state index >= 15 is 0 Å². The standard InChI is InChI=1S/C14H17ClN2O3/c15-11-4-1-2-5-12(11)20-9-3-6-13(18)16-17-14(19)10-7-8-10/h1-2,4-5,10H,3,6-9H2,(H,16,18)(H,17,19). The van der Waals surface area contributed by atoms with Gasteiger partial charge in [0.15, 0.2) is 0 Å². The molecular formula is C14H17ClN2O3. The van der Waals surface area contributed by atoms with Crippen LogP contribution in [0.3, 0.4) is 0 Å². The van der Waals surface area contributed by atoms with Gasteiger partial charge in [0.2, 0.25) is 11.8 Å². The Hall–Kier alpha value is -1.75. The fourth-order valence-corrected chi connectivity index (χ4v) is 1.81. The first kappa shape index (κ1) is 14.7. The van der Waals surface area contributed by atoms with Gasteiger partial charge in [0, 0.05) is 12.3 Å². The SMILES string of the molecule is O=C(CCCOc1ccccc1Cl)NNC(=O)C1CC1. The number of para-hydroxylation sites is 1. The quantitative estimate of drug-likeness (QED) is 0.624. The van der Waals surface area contributed by atoms with Crippen LogP contribution in [0.15, 0.2) is 24.3 Å². The molecular weight excluding hydrogens is 280 g/mol. The first-order valence-electron chi connectivity index (χ1n) is 6.63. The Morgan fingerprint density at radius 1 is 1.25 bits per heavy atom. The van der Waals surface area contributed by atoms with Gasteiger partial charge in [0.05, 0.1) is 11.6 Å². The number of halogens is 1. The number of nitrogens with one attached hydrogen (secondary N) is 2. The smallest absolute Gasteiger partial charge is 0.241 e. The molecule has 0 aliphatic heterocycles. The maximum atomic E-state index is 11.5. The van der Waals surface area contributed by atoms with Crippen molar-refractivity contribution >= 4 is 23.4 Å². The zero-order valence-electron chi connectivity index (χ0n) is 11.0. The van der Waals surface area contributed by atoms with Gasteiger partial charge in [-0.15, -0.1) is 0 Å². The summed E-state index contributed by atoms with van der Waals surface area (Å²) in [6.07, 6.45) is 2.66. The summed E-state index contributed by atoms with van der Waals surface area (Å²) >= 11 is 5.93. The highest BCUT2D eigenvalue weighted by atomic mass is 35.5. The number of benzene rings is 1. The molecule has 0 spiro atoms. The lowest BCUT2D eigenvalue weighted by Crippen LogP contribution is -2.42. The molecule has 0 bridgehead atoms. The number of hydrogen-bond donors (Lipinski definition) is 2. The normalized spacial score (nSPS) is 13.7. The summed E-state index contributed by atoms with van der Waals surface area (Å²) in [5.74, 6) is 0.364. The largest absolute Gasteiger partial charge is 0.492 e. The second-order valence-electron chi connectivity index (χ2n) is 4.69. The molecule has 1 aromatic carbocycles. The van der Waals surface area contributed by atoms with E-state index in [1.165, 1.54) is 0 Å². The minimum Gasteiger partial charge on any atom is -0.492 e. The van der Waals surface area contributed by atoms with Crippen molar-refractivity contribution < 1.29 is 14.3 Å². The molecule has 1 aromatic rings. The molecule has 5 nitrogen and oxygen atoms in total.